The third kappa shape index (κ3) is 2.61. The molecule has 27 heavy (non-hydrogen) atoms. The summed E-state index contributed by atoms with van der Waals surface area (Å²) >= 11 is 0. The summed E-state index contributed by atoms with van der Waals surface area (Å²) < 4.78 is 21.1. The van der Waals surface area contributed by atoms with Gasteiger partial charge in [0.25, 0.3) is 0 Å². The monoisotopic (exact) mass is 373 g/mol. The van der Waals surface area contributed by atoms with Crippen LogP contribution in [0.5, 0.6) is 0 Å². The van der Waals surface area contributed by atoms with Crippen LogP contribution < -0.4 is 21.8 Å². The Morgan fingerprint density at radius 3 is 2.81 bits per heavy atom. The molecule has 1 aliphatic rings. The second-order valence-electron chi connectivity index (χ2n) is 6.42. The smallest absolute Gasteiger partial charge is 0.341 e. The van der Waals surface area contributed by atoms with E-state index in [2.05, 4.69) is 5.16 Å². The molecule has 1 fully saturated rings. The van der Waals surface area contributed by atoms with E-state index in [9.17, 15) is 19.1 Å². The summed E-state index contributed by atoms with van der Waals surface area (Å²) in [5, 5.41) is 12.9. The van der Waals surface area contributed by atoms with Crippen LogP contribution in [-0.2, 0) is 0 Å². The highest BCUT2D eigenvalue weighted by atomic mass is 19.1. The van der Waals surface area contributed by atoms with E-state index in [0.29, 0.717) is 19.5 Å². The number of hydrogen-bond donors (Lipinski definition) is 3. The average molecular weight is 373 g/mol. The number of carboxylic acids is 1. The fourth-order valence-corrected chi connectivity index (χ4v) is 3.38. The maximum Gasteiger partial charge on any atom is 0.341 e. The number of halogens is 1. The van der Waals surface area contributed by atoms with Gasteiger partial charge in [-0.25, -0.2) is 9.18 Å². The number of hydrogen-bond acceptors (Lipinski definition) is 7. The molecule has 9 nitrogen and oxygen atoms in total. The zero-order valence-electron chi connectivity index (χ0n) is 14.1. The highest BCUT2D eigenvalue weighted by molar-refractivity contribution is 5.99. The SMILES string of the molecule is Nc1c(F)c(N2CCC(N)C2)cc2c1c(=O)c(C(=O)O)cn2-c1ccon1. The summed E-state index contributed by atoms with van der Waals surface area (Å²) in [5.74, 6) is -1.99. The van der Waals surface area contributed by atoms with E-state index in [1.807, 2.05) is 0 Å². The van der Waals surface area contributed by atoms with Crippen molar-refractivity contribution in [1.29, 1.82) is 0 Å². The van der Waals surface area contributed by atoms with Crippen molar-refractivity contribution < 1.29 is 18.8 Å². The molecule has 0 aliphatic carbocycles. The number of rotatable bonds is 3. The Labute approximate surface area is 151 Å². The highest BCUT2D eigenvalue weighted by Gasteiger charge is 2.27. The first-order valence-electron chi connectivity index (χ1n) is 8.20. The Morgan fingerprint density at radius 1 is 1.44 bits per heavy atom. The number of carbonyl (C=O) groups is 1. The number of aromatic carboxylic acids is 1. The summed E-state index contributed by atoms with van der Waals surface area (Å²) in [5.41, 5.74) is 10.5. The van der Waals surface area contributed by atoms with Crippen LogP contribution in [0.15, 0.2) is 33.9 Å². The second-order valence-corrected chi connectivity index (χ2v) is 6.42. The Bertz CT molecular complexity index is 1110. The first kappa shape index (κ1) is 17.0. The lowest BCUT2D eigenvalue weighted by Gasteiger charge is -2.21. The molecule has 5 N–H and O–H groups in total. The molecule has 0 amide bonds. The molecule has 0 spiro atoms. The summed E-state index contributed by atoms with van der Waals surface area (Å²) in [6.07, 6.45) is 3.13. The van der Waals surface area contributed by atoms with Crippen LogP contribution in [0.1, 0.15) is 16.8 Å². The van der Waals surface area contributed by atoms with Gasteiger partial charge in [-0.15, -0.1) is 0 Å². The molecule has 10 heteroatoms. The van der Waals surface area contributed by atoms with Gasteiger partial charge in [-0.2, -0.15) is 0 Å². The van der Waals surface area contributed by atoms with Crippen molar-refractivity contribution in [1.82, 2.24) is 9.72 Å². The fraction of sp³-hybridized carbons (Fsp3) is 0.235. The minimum Gasteiger partial charge on any atom is -0.477 e. The molecule has 0 saturated carbocycles. The molecule has 140 valence electrons. The van der Waals surface area contributed by atoms with E-state index in [0.717, 1.165) is 6.20 Å². The molecule has 1 aromatic carbocycles. The standard InChI is InChI=1S/C17H16FN5O4/c18-14-11(22-3-1-8(19)6-22)5-10-13(15(14)20)16(24)9(17(25)26)7-23(10)12-2-4-27-21-12/h2,4-5,7-8H,1,3,6,19-20H2,(H,25,26). The molecule has 3 aromatic rings. The number of pyridine rings is 1. The van der Waals surface area contributed by atoms with Crippen LogP contribution in [0.4, 0.5) is 15.8 Å². The van der Waals surface area contributed by atoms with Crippen LogP contribution in [0, 0.1) is 5.82 Å². The number of nitrogen functional groups attached to an aromatic ring is 1. The van der Waals surface area contributed by atoms with Crippen LogP contribution in [-0.4, -0.2) is 39.9 Å². The van der Waals surface area contributed by atoms with Gasteiger partial charge in [0.05, 0.1) is 22.3 Å². The van der Waals surface area contributed by atoms with Crippen molar-refractivity contribution in [2.75, 3.05) is 23.7 Å². The molecular weight excluding hydrogens is 357 g/mol. The minimum absolute atomic E-state index is 0.0894. The topological polar surface area (TPSA) is 141 Å². The van der Waals surface area contributed by atoms with Gasteiger partial charge in [0.2, 0.25) is 5.43 Å². The molecule has 3 heterocycles. The molecule has 2 aromatic heterocycles. The van der Waals surface area contributed by atoms with E-state index in [1.165, 1.54) is 23.0 Å². The fourth-order valence-electron chi connectivity index (χ4n) is 3.38. The Kier molecular flexibility index (Phi) is 3.84. The van der Waals surface area contributed by atoms with Gasteiger partial charge in [0.15, 0.2) is 11.6 Å². The Hall–Kier alpha value is -3.40. The third-order valence-electron chi connectivity index (χ3n) is 4.72. The molecule has 1 atom stereocenters. The minimum atomic E-state index is -1.45. The first-order chi connectivity index (χ1) is 12.9. The summed E-state index contributed by atoms with van der Waals surface area (Å²) in [6, 6.07) is 2.86. The normalized spacial score (nSPS) is 17.0. The summed E-state index contributed by atoms with van der Waals surface area (Å²) in [4.78, 5) is 25.9. The Morgan fingerprint density at radius 2 is 2.22 bits per heavy atom. The molecule has 0 bridgehead atoms. The van der Waals surface area contributed by atoms with Gasteiger partial charge >= 0.3 is 5.97 Å². The van der Waals surface area contributed by atoms with Crippen LogP contribution in [0.2, 0.25) is 0 Å². The molecular formula is C17H16FN5O4. The van der Waals surface area contributed by atoms with Crippen molar-refractivity contribution in [3.8, 4) is 5.82 Å². The second kappa shape index (κ2) is 6.09. The van der Waals surface area contributed by atoms with Crippen molar-refractivity contribution in [2.24, 2.45) is 5.73 Å². The van der Waals surface area contributed by atoms with Crippen LogP contribution in [0.3, 0.4) is 0 Å². The molecule has 0 radical (unpaired) electrons. The lowest BCUT2D eigenvalue weighted by Crippen LogP contribution is -2.27. The number of carboxylic acid groups (broad SMARTS) is 1. The van der Waals surface area contributed by atoms with Gasteiger partial charge in [-0.3, -0.25) is 9.36 Å². The van der Waals surface area contributed by atoms with E-state index >= 15 is 0 Å². The van der Waals surface area contributed by atoms with E-state index in [-0.39, 0.29) is 28.5 Å². The zero-order valence-corrected chi connectivity index (χ0v) is 14.1. The van der Waals surface area contributed by atoms with Gasteiger partial charge in [-0.05, 0) is 12.5 Å². The van der Waals surface area contributed by atoms with Gasteiger partial charge in [-0.1, -0.05) is 5.16 Å². The van der Waals surface area contributed by atoms with E-state index in [1.54, 1.807) is 4.90 Å². The summed E-state index contributed by atoms with van der Waals surface area (Å²) in [7, 11) is 0. The van der Waals surface area contributed by atoms with Crippen molar-refractivity contribution in [2.45, 2.75) is 12.5 Å². The van der Waals surface area contributed by atoms with Crippen LogP contribution in [0.25, 0.3) is 16.7 Å². The number of aromatic nitrogens is 2. The number of fused-ring (bicyclic) bond motifs is 1. The molecule has 1 unspecified atom stereocenters. The zero-order chi connectivity index (χ0) is 19.3. The predicted octanol–water partition coefficient (Wildman–Crippen LogP) is 0.936. The van der Waals surface area contributed by atoms with Gasteiger partial charge < -0.3 is 26.0 Å². The quantitative estimate of drug-likeness (QED) is 0.576. The average Bonchev–Trinajstić information content (AvgIpc) is 3.29. The van der Waals surface area contributed by atoms with Crippen molar-refractivity contribution >= 4 is 28.2 Å². The largest absolute Gasteiger partial charge is 0.477 e. The highest BCUT2D eigenvalue weighted by Crippen LogP contribution is 2.33. The molecule has 1 aliphatic heterocycles. The lowest BCUT2D eigenvalue weighted by molar-refractivity contribution is 0.0695. The van der Waals surface area contributed by atoms with Gasteiger partial charge in [0.1, 0.15) is 11.8 Å². The number of nitrogens with two attached hydrogens (primary N) is 2. The van der Waals surface area contributed by atoms with Crippen molar-refractivity contribution in [3.05, 3.63) is 46.2 Å². The first-order valence-corrected chi connectivity index (χ1v) is 8.20. The maximum absolute atomic E-state index is 15.0. The number of nitrogens with zero attached hydrogens (tertiary/aromatic N) is 3. The lowest BCUT2D eigenvalue weighted by atomic mass is 10.1. The van der Waals surface area contributed by atoms with Crippen molar-refractivity contribution in [3.63, 3.8) is 0 Å². The van der Waals surface area contributed by atoms with Crippen LogP contribution >= 0.6 is 0 Å². The third-order valence-corrected chi connectivity index (χ3v) is 4.72. The molecule has 1 saturated heterocycles. The number of benzene rings is 1. The Balaban J connectivity index is 2.08. The van der Waals surface area contributed by atoms with E-state index < -0.39 is 28.5 Å². The number of anilines is 2. The van der Waals surface area contributed by atoms with Gasteiger partial charge in [0, 0.05) is 31.4 Å². The predicted molar refractivity (Wildman–Crippen MR) is 95.7 cm³/mol. The maximum atomic E-state index is 15.0. The van der Waals surface area contributed by atoms with E-state index in [4.69, 9.17) is 16.0 Å². The molecule has 4 rings (SSSR count). The summed E-state index contributed by atoms with van der Waals surface area (Å²) in [6.45, 7) is 0.994.